The molecule has 2 aromatic carbocycles. The number of carbonyl (C=O) groups is 2. The van der Waals surface area contributed by atoms with Crippen molar-refractivity contribution in [2.45, 2.75) is 38.4 Å². The highest BCUT2D eigenvalue weighted by Crippen LogP contribution is 2.29. The number of piperidine rings is 1. The first-order valence-electron chi connectivity index (χ1n) is 11.6. The number of aromatic nitrogens is 2. The van der Waals surface area contributed by atoms with Gasteiger partial charge in [0.15, 0.2) is 0 Å². The average Bonchev–Trinajstić information content (AvgIpc) is 3.37. The van der Waals surface area contributed by atoms with Crippen molar-refractivity contribution in [1.82, 2.24) is 20.2 Å². The van der Waals surface area contributed by atoms with Crippen molar-refractivity contribution < 1.29 is 22.8 Å². The second-order valence-corrected chi connectivity index (χ2v) is 8.66. The van der Waals surface area contributed by atoms with Crippen molar-refractivity contribution in [2.24, 2.45) is 5.92 Å². The van der Waals surface area contributed by atoms with Gasteiger partial charge < -0.3 is 15.2 Å². The second kappa shape index (κ2) is 10.3. The van der Waals surface area contributed by atoms with Crippen molar-refractivity contribution in [2.75, 3.05) is 13.1 Å². The largest absolute Gasteiger partial charge is 0.416 e. The molecule has 0 spiro atoms. The zero-order valence-electron chi connectivity index (χ0n) is 19.3. The molecule has 4 rings (SSSR count). The number of nitrogens with one attached hydrogen (secondary N) is 2. The lowest BCUT2D eigenvalue weighted by Gasteiger charge is -2.32. The third kappa shape index (κ3) is 5.72. The SMILES string of the molecule is CCC(NC(=O)C1CCN(C(=O)c2ccc(C(F)(F)F)cc2)CC1)c1ncc(-c2ccccc2)[nH]1. The molecule has 0 aliphatic carbocycles. The number of benzene rings is 2. The molecule has 1 unspecified atom stereocenters. The highest BCUT2D eigenvalue weighted by atomic mass is 19.4. The summed E-state index contributed by atoms with van der Waals surface area (Å²) in [5.74, 6) is 0.0306. The van der Waals surface area contributed by atoms with Crippen LogP contribution < -0.4 is 5.32 Å². The van der Waals surface area contributed by atoms with Gasteiger partial charge in [0.1, 0.15) is 5.82 Å². The van der Waals surface area contributed by atoms with Crippen LogP contribution in [0.5, 0.6) is 0 Å². The summed E-state index contributed by atoms with van der Waals surface area (Å²) in [4.78, 5) is 35.0. The molecule has 184 valence electrons. The Balaban J connectivity index is 1.32. The Kier molecular flexibility index (Phi) is 7.23. The normalized spacial score (nSPS) is 15.6. The first-order valence-corrected chi connectivity index (χ1v) is 11.6. The van der Waals surface area contributed by atoms with E-state index in [0.717, 1.165) is 23.4 Å². The van der Waals surface area contributed by atoms with Crippen LogP contribution in [0.25, 0.3) is 11.3 Å². The molecule has 3 aromatic rings. The van der Waals surface area contributed by atoms with Crippen molar-refractivity contribution in [3.05, 3.63) is 77.7 Å². The predicted molar refractivity (Wildman–Crippen MR) is 125 cm³/mol. The molecule has 1 aliphatic rings. The van der Waals surface area contributed by atoms with Crippen molar-refractivity contribution in [3.63, 3.8) is 0 Å². The Hall–Kier alpha value is -3.62. The Morgan fingerprint density at radius 2 is 1.74 bits per heavy atom. The van der Waals surface area contributed by atoms with E-state index in [2.05, 4.69) is 15.3 Å². The number of nitrogens with zero attached hydrogens (tertiary/aromatic N) is 2. The van der Waals surface area contributed by atoms with E-state index in [-0.39, 0.29) is 29.3 Å². The van der Waals surface area contributed by atoms with Crippen LogP contribution in [0.2, 0.25) is 0 Å². The Bertz CT molecular complexity index is 1150. The molecule has 1 aliphatic heterocycles. The minimum absolute atomic E-state index is 0.0869. The van der Waals surface area contributed by atoms with Crippen molar-refractivity contribution in [3.8, 4) is 11.3 Å². The molecule has 2 N–H and O–H groups in total. The van der Waals surface area contributed by atoms with Crippen LogP contribution in [0.4, 0.5) is 13.2 Å². The molecular weight excluding hydrogens is 457 g/mol. The molecule has 9 heteroatoms. The summed E-state index contributed by atoms with van der Waals surface area (Å²) in [6.45, 7) is 2.71. The van der Waals surface area contributed by atoms with E-state index in [1.807, 2.05) is 37.3 Å². The monoisotopic (exact) mass is 484 g/mol. The number of hydrogen-bond acceptors (Lipinski definition) is 3. The van der Waals surface area contributed by atoms with Gasteiger partial charge in [0.2, 0.25) is 5.91 Å². The number of halogens is 3. The number of carbonyl (C=O) groups excluding carboxylic acids is 2. The number of H-pyrrole nitrogens is 1. The summed E-state index contributed by atoms with van der Waals surface area (Å²) in [7, 11) is 0. The fraction of sp³-hybridized carbons (Fsp3) is 0.346. The molecule has 6 nitrogen and oxygen atoms in total. The van der Waals surface area contributed by atoms with E-state index >= 15 is 0 Å². The van der Waals surface area contributed by atoms with Crippen LogP contribution in [-0.4, -0.2) is 39.8 Å². The Morgan fingerprint density at radius 3 is 2.34 bits per heavy atom. The molecule has 1 atom stereocenters. The molecule has 0 radical (unpaired) electrons. The Labute approximate surface area is 201 Å². The fourth-order valence-electron chi connectivity index (χ4n) is 4.26. The van der Waals surface area contributed by atoms with Gasteiger partial charge in [0, 0.05) is 24.6 Å². The Morgan fingerprint density at radius 1 is 1.09 bits per heavy atom. The smallest absolute Gasteiger partial charge is 0.346 e. The van der Waals surface area contributed by atoms with Crippen LogP contribution in [0, 0.1) is 5.92 Å². The van der Waals surface area contributed by atoms with Gasteiger partial charge in [-0.2, -0.15) is 13.2 Å². The number of likely N-dealkylation sites (tertiary alicyclic amines) is 1. The van der Waals surface area contributed by atoms with Gasteiger partial charge in [-0.05, 0) is 49.1 Å². The van der Waals surface area contributed by atoms with Crippen LogP contribution in [-0.2, 0) is 11.0 Å². The standard InChI is InChI=1S/C26H27F3N4O2/c1-2-21(23-30-16-22(31-23)17-6-4-3-5-7-17)32-24(34)18-12-14-33(15-13-18)25(35)19-8-10-20(11-9-19)26(27,28)29/h3-11,16,18,21H,2,12-15H2,1H3,(H,30,31)(H,32,34). The first-order chi connectivity index (χ1) is 16.8. The van der Waals surface area contributed by atoms with Gasteiger partial charge >= 0.3 is 6.18 Å². The van der Waals surface area contributed by atoms with Crippen LogP contribution >= 0.6 is 0 Å². The lowest BCUT2D eigenvalue weighted by Crippen LogP contribution is -2.43. The number of hydrogen-bond donors (Lipinski definition) is 2. The topological polar surface area (TPSA) is 78.1 Å². The highest BCUT2D eigenvalue weighted by Gasteiger charge is 2.32. The van der Waals surface area contributed by atoms with Gasteiger partial charge in [-0.3, -0.25) is 9.59 Å². The summed E-state index contributed by atoms with van der Waals surface area (Å²) in [5.41, 5.74) is 1.31. The van der Waals surface area contributed by atoms with Gasteiger partial charge in [0.05, 0.1) is 23.5 Å². The van der Waals surface area contributed by atoms with Crippen molar-refractivity contribution in [1.29, 1.82) is 0 Å². The van der Waals surface area contributed by atoms with Gasteiger partial charge in [-0.15, -0.1) is 0 Å². The molecular formula is C26H27F3N4O2. The maximum absolute atomic E-state index is 12.9. The quantitative estimate of drug-likeness (QED) is 0.504. The molecule has 1 fully saturated rings. The number of amides is 2. The lowest BCUT2D eigenvalue weighted by atomic mass is 9.94. The number of rotatable bonds is 6. The minimum atomic E-state index is -4.44. The van der Waals surface area contributed by atoms with Crippen LogP contribution in [0.1, 0.15) is 54.0 Å². The second-order valence-electron chi connectivity index (χ2n) is 8.66. The number of alkyl halides is 3. The molecule has 0 saturated carbocycles. The molecule has 0 bridgehead atoms. The maximum atomic E-state index is 12.9. The third-order valence-corrected chi connectivity index (χ3v) is 6.35. The summed E-state index contributed by atoms with van der Waals surface area (Å²) in [5, 5.41) is 3.07. The summed E-state index contributed by atoms with van der Waals surface area (Å²) >= 11 is 0. The molecule has 35 heavy (non-hydrogen) atoms. The summed E-state index contributed by atoms with van der Waals surface area (Å²) in [6, 6.07) is 13.8. The molecule has 2 amide bonds. The lowest BCUT2D eigenvalue weighted by molar-refractivity contribution is -0.137. The predicted octanol–water partition coefficient (Wildman–Crippen LogP) is 5.22. The zero-order chi connectivity index (χ0) is 25.0. The van der Waals surface area contributed by atoms with E-state index in [0.29, 0.717) is 38.2 Å². The van der Waals surface area contributed by atoms with E-state index in [1.54, 1.807) is 11.1 Å². The fourth-order valence-corrected chi connectivity index (χ4v) is 4.26. The summed E-state index contributed by atoms with van der Waals surface area (Å²) in [6.07, 6.45) is -1.05. The van der Waals surface area contributed by atoms with E-state index < -0.39 is 11.7 Å². The molecule has 1 saturated heterocycles. The molecule has 2 heterocycles. The van der Waals surface area contributed by atoms with Crippen molar-refractivity contribution >= 4 is 11.8 Å². The number of aromatic amines is 1. The maximum Gasteiger partial charge on any atom is 0.416 e. The van der Waals surface area contributed by atoms with E-state index in [4.69, 9.17) is 0 Å². The third-order valence-electron chi connectivity index (χ3n) is 6.35. The van der Waals surface area contributed by atoms with Gasteiger partial charge in [0.25, 0.3) is 5.91 Å². The highest BCUT2D eigenvalue weighted by molar-refractivity contribution is 5.94. The van der Waals surface area contributed by atoms with Crippen LogP contribution in [0.15, 0.2) is 60.8 Å². The van der Waals surface area contributed by atoms with E-state index in [9.17, 15) is 22.8 Å². The average molecular weight is 485 g/mol. The zero-order valence-corrected chi connectivity index (χ0v) is 19.3. The van der Waals surface area contributed by atoms with Gasteiger partial charge in [-0.25, -0.2) is 4.98 Å². The number of imidazole rings is 1. The van der Waals surface area contributed by atoms with Gasteiger partial charge in [-0.1, -0.05) is 37.3 Å². The van der Waals surface area contributed by atoms with E-state index in [1.165, 1.54) is 12.1 Å². The first kappa shape index (κ1) is 24.5. The van der Waals surface area contributed by atoms with Crippen LogP contribution in [0.3, 0.4) is 0 Å². The summed E-state index contributed by atoms with van der Waals surface area (Å²) < 4.78 is 38.3. The minimum Gasteiger partial charge on any atom is -0.346 e. The molecule has 1 aromatic heterocycles.